The van der Waals surface area contributed by atoms with Crippen LogP contribution in [0, 0.1) is 6.92 Å². The Balaban J connectivity index is 1.83. The van der Waals surface area contributed by atoms with Crippen molar-refractivity contribution in [3.05, 3.63) is 71.8 Å². The molecule has 0 saturated heterocycles. The van der Waals surface area contributed by atoms with Crippen LogP contribution < -0.4 is 3.11 Å². The van der Waals surface area contributed by atoms with Crippen LogP contribution in [0.1, 0.15) is 11.1 Å². The highest BCUT2D eigenvalue weighted by Gasteiger charge is 2.30. The zero-order valence-electron chi connectivity index (χ0n) is 13.6. The van der Waals surface area contributed by atoms with Gasteiger partial charge in [-0.1, -0.05) is 30.3 Å². The zero-order chi connectivity index (χ0) is 18.5. The van der Waals surface area contributed by atoms with Gasteiger partial charge in [0.15, 0.2) is 0 Å². The van der Waals surface area contributed by atoms with E-state index in [0.717, 1.165) is 22.5 Å². The molecule has 0 radical (unpaired) electrons. The minimum absolute atomic E-state index is 0.637. The van der Waals surface area contributed by atoms with E-state index in [1.165, 1.54) is 33.2 Å². The average Bonchev–Trinajstić information content (AvgIpc) is 3.01. The summed E-state index contributed by atoms with van der Waals surface area (Å²) in [4.78, 5) is 0. The number of nitrogens with zero attached hydrogens (tertiary/aromatic N) is 1. The first-order valence-electron chi connectivity index (χ1n) is 7.90. The van der Waals surface area contributed by atoms with Crippen LogP contribution in [0.25, 0.3) is 20.2 Å². The quantitative estimate of drug-likeness (QED) is 0.207. The van der Waals surface area contributed by atoms with Gasteiger partial charge in [0, 0.05) is 15.5 Å². The topological polar surface area (TPSA) is 3.24 Å². The van der Waals surface area contributed by atoms with Gasteiger partial charge in [0.25, 0.3) is 0 Å². The van der Waals surface area contributed by atoms with Crippen molar-refractivity contribution in [3.8, 4) is 0 Å². The first kappa shape index (κ1) is 17.6. The summed E-state index contributed by atoms with van der Waals surface area (Å²) in [7, 11) is 0. The number of benzene rings is 3. The van der Waals surface area contributed by atoms with E-state index in [2.05, 4.69) is 48.0 Å². The van der Waals surface area contributed by atoms with Crippen LogP contribution in [0.15, 0.2) is 60.7 Å². The Kier molecular flexibility index (Phi) is 4.35. The molecule has 1 nitrogen and oxygen atoms in total. The number of hydrogen-bond acceptors (Lipinski definition) is 2. The van der Waals surface area contributed by atoms with Gasteiger partial charge in [-0.15, -0.1) is 11.3 Å². The summed E-state index contributed by atoms with van der Waals surface area (Å²) in [6.07, 6.45) is -4.32. The number of thiophene rings is 1. The highest BCUT2D eigenvalue weighted by molar-refractivity contribution is 14.1. The van der Waals surface area contributed by atoms with E-state index in [4.69, 9.17) is 0 Å². The molecule has 132 valence electrons. The standard InChI is InChI=1S/C20H13F3INS/c1-12-4-2-5-15-16-6-3-7-17(19(16)26-18(12)15)25(24)14-10-8-13(9-11-14)20(21,22)23/h2-11H,1H3. The Morgan fingerprint density at radius 3 is 2.12 bits per heavy atom. The summed E-state index contributed by atoms with van der Waals surface area (Å²) in [5.74, 6) is 0. The molecular formula is C20H13F3INS. The molecule has 4 rings (SSSR count). The summed E-state index contributed by atoms with van der Waals surface area (Å²) in [6.45, 7) is 2.09. The second-order valence-corrected chi connectivity index (χ2v) is 8.02. The summed E-state index contributed by atoms with van der Waals surface area (Å²) < 4.78 is 42.7. The first-order valence-corrected chi connectivity index (χ1v) is 9.68. The van der Waals surface area contributed by atoms with Crippen LogP contribution >= 0.6 is 34.2 Å². The molecule has 0 unspecified atom stereocenters. The van der Waals surface area contributed by atoms with Crippen molar-refractivity contribution >= 4 is 65.7 Å². The summed E-state index contributed by atoms with van der Waals surface area (Å²) in [6, 6.07) is 17.6. The van der Waals surface area contributed by atoms with E-state index in [1.54, 1.807) is 11.3 Å². The van der Waals surface area contributed by atoms with E-state index in [9.17, 15) is 13.2 Å². The Morgan fingerprint density at radius 1 is 0.846 bits per heavy atom. The molecule has 0 bridgehead atoms. The maximum Gasteiger partial charge on any atom is 0.416 e. The van der Waals surface area contributed by atoms with Crippen molar-refractivity contribution in [2.24, 2.45) is 0 Å². The minimum Gasteiger partial charge on any atom is -0.282 e. The summed E-state index contributed by atoms with van der Waals surface area (Å²) in [5, 5.41) is 2.38. The van der Waals surface area contributed by atoms with Crippen molar-refractivity contribution in [2.75, 3.05) is 3.11 Å². The van der Waals surface area contributed by atoms with Gasteiger partial charge in [-0.25, -0.2) is 0 Å². The number of hydrogen-bond donors (Lipinski definition) is 0. The van der Waals surface area contributed by atoms with Crippen LogP contribution in [0.3, 0.4) is 0 Å². The predicted molar refractivity (Wildman–Crippen MR) is 112 cm³/mol. The second kappa shape index (κ2) is 6.42. The zero-order valence-corrected chi connectivity index (χ0v) is 16.6. The molecule has 0 amide bonds. The third kappa shape index (κ3) is 2.95. The van der Waals surface area contributed by atoms with Crippen molar-refractivity contribution in [1.29, 1.82) is 0 Å². The maximum absolute atomic E-state index is 12.8. The van der Waals surface area contributed by atoms with Crippen LogP contribution in [0.5, 0.6) is 0 Å². The molecule has 0 aliphatic rings. The van der Waals surface area contributed by atoms with Gasteiger partial charge < -0.3 is 0 Å². The van der Waals surface area contributed by atoms with Crippen molar-refractivity contribution in [2.45, 2.75) is 13.1 Å². The summed E-state index contributed by atoms with van der Waals surface area (Å²) >= 11 is 3.86. The lowest BCUT2D eigenvalue weighted by molar-refractivity contribution is -0.137. The monoisotopic (exact) mass is 483 g/mol. The molecule has 4 aromatic rings. The van der Waals surface area contributed by atoms with E-state index in [0.29, 0.717) is 5.69 Å². The van der Waals surface area contributed by atoms with Crippen LogP contribution in [-0.2, 0) is 6.18 Å². The molecule has 1 aromatic heterocycles. The number of rotatable bonds is 2. The molecule has 0 N–H and O–H groups in total. The fourth-order valence-corrected chi connectivity index (χ4v) is 5.18. The molecule has 0 saturated carbocycles. The van der Waals surface area contributed by atoms with E-state index < -0.39 is 11.7 Å². The maximum atomic E-state index is 12.8. The Bertz CT molecular complexity index is 1100. The van der Waals surface area contributed by atoms with Crippen LogP contribution in [0.2, 0.25) is 0 Å². The second-order valence-electron chi connectivity index (χ2n) is 6.03. The first-order chi connectivity index (χ1) is 12.4. The van der Waals surface area contributed by atoms with Gasteiger partial charge in [0.2, 0.25) is 0 Å². The van der Waals surface area contributed by atoms with Crippen molar-refractivity contribution in [1.82, 2.24) is 0 Å². The number of anilines is 2. The van der Waals surface area contributed by atoms with Crippen LogP contribution in [-0.4, -0.2) is 0 Å². The molecule has 6 heteroatoms. The van der Waals surface area contributed by atoms with Gasteiger partial charge in [0.05, 0.1) is 44.5 Å². The van der Waals surface area contributed by atoms with Crippen LogP contribution in [0.4, 0.5) is 24.5 Å². The van der Waals surface area contributed by atoms with Crippen molar-refractivity contribution < 1.29 is 13.2 Å². The predicted octanol–water partition coefficient (Wildman–Crippen LogP) is 7.87. The van der Waals surface area contributed by atoms with Gasteiger partial charge in [-0.2, -0.15) is 13.2 Å². The molecule has 1 heterocycles. The van der Waals surface area contributed by atoms with Gasteiger partial charge in [0.1, 0.15) is 0 Å². The van der Waals surface area contributed by atoms with Gasteiger partial charge in [-0.05, 0) is 42.8 Å². The number of alkyl halides is 3. The minimum atomic E-state index is -4.32. The molecule has 26 heavy (non-hydrogen) atoms. The Morgan fingerprint density at radius 2 is 1.46 bits per heavy atom. The fourth-order valence-electron chi connectivity index (χ4n) is 3.02. The van der Waals surface area contributed by atoms with Crippen molar-refractivity contribution in [3.63, 3.8) is 0 Å². The van der Waals surface area contributed by atoms with E-state index >= 15 is 0 Å². The molecule has 3 aromatic carbocycles. The largest absolute Gasteiger partial charge is 0.416 e. The fraction of sp³-hybridized carbons (Fsp3) is 0.100. The third-order valence-corrected chi connectivity index (χ3v) is 6.79. The number of fused-ring (bicyclic) bond motifs is 3. The lowest BCUT2D eigenvalue weighted by Crippen LogP contribution is -2.06. The molecule has 0 aliphatic heterocycles. The highest BCUT2D eigenvalue weighted by atomic mass is 127. The smallest absolute Gasteiger partial charge is 0.282 e. The number of halogens is 4. The number of aryl methyl sites for hydroxylation is 1. The van der Waals surface area contributed by atoms with Gasteiger partial charge in [-0.3, -0.25) is 3.11 Å². The molecule has 0 fully saturated rings. The molecular weight excluding hydrogens is 470 g/mol. The molecule has 0 atom stereocenters. The van der Waals surface area contributed by atoms with Gasteiger partial charge >= 0.3 is 6.18 Å². The normalized spacial score (nSPS) is 12.0. The Hall–Kier alpha value is -1.80. The lowest BCUT2D eigenvalue weighted by atomic mass is 10.1. The Labute approximate surface area is 166 Å². The van der Waals surface area contributed by atoms with E-state index in [-0.39, 0.29) is 0 Å². The molecule has 0 aliphatic carbocycles. The molecule has 0 spiro atoms. The highest BCUT2D eigenvalue weighted by Crippen LogP contribution is 2.44. The summed E-state index contributed by atoms with van der Waals surface area (Å²) in [5.41, 5.74) is 2.27. The lowest BCUT2D eigenvalue weighted by Gasteiger charge is -2.18. The third-order valence-electron chi connectivity index (χ3n) is 4.33. The SMILES string of the molecule is Cc1cccc2c1sc1c(N(I)c3ccc(C(F)(F)F)cc3)cccc12. The van der Waals surface area contributed by atoms with E-state index in [1.807, 2.05) is 21.3 Å². The average molecular weight is 483 g/mol.